The minimum Gasteiger partial charge on any atom is -0.469 e. The average Bonchev–Trinajstić information content (AvgIpc) is 3.10. The Morgan fingerprint density at radius 1 is 1.04 bits per heavy atom. The molecule has 1 aromatic carbocycles. The summed E-state index contributed by atoms with van der Waals surface area (Å²) in [7, 11) is 1.36. The topological polar surface area (TPSA) is 97.2 Å². The Kier molecular flexibility index (Phi) is 26.5. The van der Waals surface area contributed by atoms with Crippen molar-refractivity contribution in [2.75, 3.05) is 38.2 Å². The highest BCUT2D eigenvalue weighted by Crippen LogP contribution is 2.30. The lowest BCUT2D eigenvalue weighted by Crippen LogP contribution is -2.50. The van der Waals surface area contributed by atoms with Gasteiger partial charge < -0.3 is 19.3 Å². The van der Waals surface area contributed by atoms with Crippen LogP contribution in [0.2, 0.25) is 5.02 Å². The second-order valence-electron chi connectivity index (χ2n) is 11.7. The Labute approximate surface area is 308 Å². The second-order valence-corrected chi connectivity index (χ2v) is 12.1. The fourth-order valence-electron chi connectivity index (χ4n) is 4.46. The molecule has 278 valence electrons. The largest absolute Gasteiger partial charge is 0.469 e. The van der Waals surface area contributed by atoms with E-state index in [4.69, 9.17) is 21.1 Å². The summed E-state index contributed by atoms with van der Waals surface area (Å²) in [5, 5.41) is 0.839. The Bertz CT molecular complexity index is 1370. The molecule has 2 aromatic rings. The van der Waals surface area contributed by atoms with Gasteiger partial charge in [-0.05, 0) is 65.7 Å². The van der Waals surface area contributed by atoms with Gasteiger partial charge in [0.1, 0.15) is 17.7 Å². The van der Waals surface area contributed by atoms with E-state index in [1.807, 2.05) is 79.7 Å². The number of aliphatic imine (C=N–C) groups is 1. The number of hydrogen-bond acceptors (Lipinski definition) is 8. The molecule has 0 radical (unpaired) electrons. The SMILES string of the molecule is C#C.CC.CCC.CCCc1cccc(Cl)c1.C\C=C/N=C(CC(=O)OC)\C(=C\C)c1c(C)ncnc1N1CCN(C(=O)OC(C)(C)C)CC1. The summed E-state index contributed by atoms with van der Waals surface area (Å²) < 4.78 is 10.4. The molecule has 0 unspecified atom stereocenters. The van der Waals surface area contributed by atoms with Crippen LogP contribution in [0.5, 0.6) is 0 Å². The van der Waals surface area contributed by atoms with E-state index in [9.17, 15) is 9.59 Å². The first-order valence-corrected chi connectivity index (χ1v) is 17.8. The van der Waals surface area contributed by atoms with Gasteiger partial charge in [-0.2, -0.15) is 0 Å². The van der Waals surface area contributed by atoms with Crippen LogP contribution in [0.15, 0.2) is 53.9 Å². The number of terminal acetylenes is 1. The van der Waals surface area contributed by atoms with E-state index < -0.39 is 5.60 Å². The summed E-state index contributed by atoms with van der Waals surface area (Å²) in [5.41, 5.74) is 3.75. The molecule has 0 atom stereocenters. The number of carbonyl (C=O) groups is 2. The third-order valence-corrected chi connectivity index (χ3v) is 6.70. The predicted molar refractivity (Wildman–Crippen MR) is 212 cm³/mol. The van der Waals surface area contributed by atoms with Crippen LogP contribution in [0, 0.1) is 19.8 Å². The smallest absolute Gasteiger partial charge is 0.410 e. The van der Waals surface area contributed by atoms with Crippen LogP contribution >= 0.6 is 11.6 Å². The lowest BCUT2D eigenvalue weighted by atomic mass is 9.97. The number of esters is 1. The fourth-order valence-corrected chi connectivity index (χ4v) is 4.68. The summed E-state index contributed by atoms with van der Waals surface area (Å²) >= 11 is 5.78. The molecule has 3 rings (SSSR count). The fraction of sp³-hybridized carbons (Fsp3) is 0.525. The zero-order valence-corrected chi connectivity index (χ0v) is 33.4. The molecule has 1 aliphatic heterocycles. The number of carbonyl (C=O) groups excluding carboxylic acids is 2. The number of aryl methyl sites for hydroxylation is 2. The monoisotopic (exact) mass is 711 g/mol. The van der Waals surface area contributed by atoms with Crippen LogP contribution < -0.4 is 4.90 Å². The van der Waals surface area contributed by atoms with E-state index in [0.717, 1.165) is 34.1 Å². The molecular formula is C40H62ClN5O4. The van der Waals surface area contributed by atoms with E-state index in [1.165, 1.54) is 31.8 Å². The van der Waals surface area contributed by atoms with Crippen molar-refractivity contribution in [1.29, 1.82) is 0 Å². The first-order valence-electron chi connectivity index (χ1n) is 17.4. The number of anilines is 1. The van der Waals surface area contributed by atoms with E-state index >= 15 is 0 Å². The molecule has 0 aliphatic carbocycles. The van der Waals surface area contributed by atoms with E-state index in [1.54, 1.807) is 17.2 Å². The van der Waals surface area contributed by atoms with Gasteiger partial charge in [-0.1, -0.05) is 83.3 Å². The van der Waals surface area contributed by atoms with Gasteiger partial charge >= 0.3 is 12.1 Å². The highest BCUT2D eigenvalue weighted by molar-refractivity contribution is 6.30. The molecule has 1 amide bonds. The molecule has 50 heavy (non-hydrogen) atoms. The maximum absolute atomic E-state index is 12.4. The summed E-state index contributed by atoms with van der Waals surface area (Å²) in [6.07, 6.45) is 18.2. The number of benzene rings is 1. The van der Waals surface area contributed by atoms with Gasteiger partial charge in [-0.15, -0.1) is 12.8 Å². The lowest BCUT2D eigenvalue weighted by molar-refractivity contribution is -0.139. The molecule has 0 N–H and O–H groups in total. The molecule has 0 spiro atoms. The lowest BCUT2D eigenvalue weighted by Gasteiger charge is -2.37. The quantitative estimate of drug-likeness (QED) is 0.153. The van der Waals surface area contributed by atoms with Gasteiger partial charge in [0.2, 0.25) is 0 Å². The van der Waals surface area contributed by atoms with Crippen LogP contribution in [0.3, 0.4) is 0 Å². The Balaban J connectivity index is 0. The maximum atomic E-state index is 12.4. The first kappa shape index (κ1) is 48.0. The van der Waals surface area contributed by atoms with E-state index in [-0.39, 0.29) is 18.5 Å². The van der Waals surface area contributed by atoms with Gasteiger partial charge in [0, 0.05) is 48.5 Å². The molecule has 1 fully saturated rings. The molecule has 1 saturated heterocycles. The summed E-state index contributed by atoms with van der Waals surface area (Å²) in [6.45, 7) is 23.9. The minimum absolute atomic E-state index is 0.0285. The van der Waals surface area contributed by atoms with Gasteiger partial charge in [0.25, 0.3) is 0 Å². The highest BCUT2D eigenvalue weighted by atomic mass is 35.5. The molecular weight excluding hydrogens is 650 g/mol. The van der Waals surface area contributed by atoms with E-state index in [2.05, 4.69) is 59.5 Å². The molecule has 9 nitrogen and oxygen atoms in total. The zero-order valence-electron chi connectivity index (χ0n) is 32.7. The van der Waals surface area contributed by atoms with Crippen molar-refractivity contribution in [1.82, 2.24) is 14.9 Å². The van der Waals surface area contributed by atoms with Crippen molar-refractivity contribution in [3.05, 3.63) is 70.8 Å². The number of amides is 1. The maximum Gasteiger partial charge on any atom is 0.410 e. The van der Waals surface area contributed by atoms with Gasteiger partial charge in [-0.25, -0.2) is 14.8 Å². The van der Waals surface area contributed by atoms with Crippen molar-refractivity contribution in [2.45, 2.75) is 107 Å². The van der Waals surface area contributed by atoms with Crippen LogP contribution in [0.25, 0.3) is 5.57 Å². The number of ether oxygens (including phenoxy) is 2. The van der Waals surface area contributed by atoms with Crippen LogP contribution in [0.1, 0.15) is 105 Å². The normalized spacial score (nSPS) is 12.9. The van der Waals surface area contributed by atoms with Crippen molar-refractivity contribution in [3.8, 4) is 12.8 Å². The van der Waals surface area contributed by atoms with Crippen molar-refractivity contribution < 1.29 is 19.1 Å². The second kappa shape index (κ2) is 27.6. The third-order valence-electron chi connectivity index (χ3n) is 6.46. The number of methoxy groups -OCH3 is 1. The number of allylic oxidation sites excluding steroid dienone is 3. The molecule has 1 aromatic heterocycles. The number of piperazine rings is 1. The zero-order chi connectivity index (χ0) is 38.7. The first-order chi connectivity index (χ1) is 23.8. The van der Waals surface area contributed by atoms with E-state index in [0.29, 0.717) is 31.9 Å². The van der Waals surface area contributed by atoms with Crippen molar-refractivity contribution in [2.24, 2.45) is 4.99 Å². The molecule has 10 heteroatoms. The standard InChI is InChI=1S/C24H35N5O4.C9H11Cl.C3H8.C2H6.C2H2/c1-8-10-25-19(15-20(30)32-7)18(9-2)21-17(3)26-16-27-22(21)28-11-13-29(14-12-28)23(31)33-24(4,5)6;1-2-4-8-5-3-6-9(10)7-8;1-3-2;2*1-2/h8-10,16H,11-15H2,1-7H3;3,5-7H,2,4H2,1H3;3H2,1-2H3;1-2H3;1-2H/b10-8-,18-9-,25-19-;;;;. The summed E-state index contributed by atoms with van der Waals surface area (Å²) in [5.74, 6) is 0.372. The average molecular weight is 712 g/mol. The Morgan fingerprint density at radius 3 is 2.12 bits per heavy atom. The number of rotatable bonds is 8. The molecule has 2 heterocycles. The number of hydrogen-bond donors (Lipinski definition) is 0. The molecule has 1 aliphatic rings. The number of halogens is 1. The summed E-state index contributed by atoms with van der Waals surface area (Å²) in [6, 6.07) is 8.02. The third kappa shape index (κ3) is 18.6. The van der Waals surface area contributed by atoms with Crippen molar-refractivity contribution >= 4 is 40.8 Å². The van der Waals surface area contributed by atoms with Gasteiger partial charge in [0.05, 0.1) is 24.9 Å². The number of aromatic nitrogens is 2. The Morgan fingerprint density at radius 2 is 1.64 bits per heavy atom. The van der Waals surface area contributed by atoms with Crippen LogP contribution in [-0.2, 0) is 20.7 Å². The van der Waals surface area contributed by atoms with Gasteiger partial charge in [0.15, 0.2) is 0 Å². The highest BCUT2D eigenvalue weighted by Gasteiger charge is 2.29. The van der Waals surface area contributed by atoms with Crippen LogP contribution in [0.4, 0.5) is 10.6 Å². The summed E-state index contributed by atoms with van der Waals surface area (Å²) in [4.78, 5) is 41.8. The predicted octanol–water partition coefficient (Wildman–Crippen LogP) is 9.77. The van der Waals surface area contributed by atoms with Crippen molar-refractivity contribution in [3.63, 3.8) is 0 Å². The molecule has 0 saturated carbocycles. The van der Waals surface area contributed by atoms with Crippen LogP contribution in [-0.4, -0.2) is 71.5 Å². The minimum atomic E-state index is -0.533. The number of nitrogens with zero attached hydrogens (tertiary/aromatic N) is 5. The Hall–Kier alpha value is -4.16. The van der Waals surface area contributed by atoms with Gasteiger partial charge in [-0.3, -0.25) is 9.79 Å². The molecule has 0 bridgehead atoms.